The van der Waals surface area contributed by atoms with Gasteiger partial charge < -0.3 is 10.1 Å². The summed E-state index contributed by atoms with van der Waals surface area (Å²) in [4.78, 5) is 17.1. The number of amides is 1. The maximum absolute atomic E-state index is 13.8. The molecule has 0 aliphatic carbocycles. The Morgan fingerprint density at radius 2 is 2.07 bits per heavy atom. The molecule has 30 heavy (non-hydrogen) atoms. The van der Waals surface area contributed by atoms with Gasteiger partial charge >= 0.3 is 0 Å². The molecule has 1 N–H and O–H groups in total. The first-order chi connectivity index (χ1) is 14.4. The molecule has 6 nitrogen and oxygen atoms in total. The molecule has 4 rings (SSSR count). The number of hydrogen-bond donors (Lipinski definition) is 1. The van der Waals surface area contributed by atoms with E-state index in [1.54, 1.807) is 13.0 Å². The Morgan fingerprint density at radius 1 is 1.30 bits per heavy atom. The van der Waals surface area contributed by atoms with Gasteiger partial charge in [-0.05, 0) is 43.5 Å². The Bertz CT molecular complexity index is 1080. The summed E-state index contributed by atoms with van der Waals surface area (Å²) < 4.78 is 46.9. The average Bonchev–Trinajstić information content (AvgIpc) is 3.15. The molecule has 0 radical (unpaired) electrons. The van der Waals surface area contributed by atoms with Crippen molar-refractivity contribution in [3.8, 4) is 0 Å². The molecule has 1 aliphatic heterocycles. The Balaban J connectivity index is 1.62. The number of ether oxygens (including phenoxy) is 1. The van der Waals surface area contributed by atoms with Crippen LogP contribution in [0.3, 0.4) is 0 Å². The Labute approximate surface area is 171 Å². The molecule has 158 valence electrons. The van der Waals surface area contributed by atoms with Gasteiger partial charge in [0.1, 0.15) is 17.1 Å². The van der Waals surface area contributed by atoms with Gasteiger partial charge in [-0.3, -0.25) is 4.79 Å². The van der Waals surface area contributed by atoms with Crippen molar-refractivity contribution in [2.24, 2.45) is 0 Å². The molecule has 0 unspecified atom stereocenters. The van der Waals surface area contributed by atoms with E-state index in [-0.39, 0.29) is 29.3 Å². The van der Waals surface area contributed by atoms with E-state index in [0.717, 1.165) is 10.1 Å². The van der Waals surface area contributed by atoms with Crippen molar-refractivity contribution >= 4 is 11.6 Å². The first-order valence-electron chi connectivity index (χ1n) is 9.65. The first-order valence-corrected chi connectivity index (χ1v) is 9.65. The molecular formula is C21H21F3N4O2. The van der Waals surface area contributed by atoms with Gasteiger partial charge in [-0.15, -0.1) is 0 Å². The fraction of sp³-hybridized carbons (Fsp3) is 0.381. The predicted molar refractivity (Wildman–Crippen MR) is 103 cm³/mol. The number of fused-ring (bicyclic) bond motifs is 1. The van der Waals surface area contributed by atoms with Gasteiger partial charge in [0.25, 0.3) is 12.3 Å². The number of rotatable bonds is 5. The van der Waals surface area contributed by atoms with Crippen molar-refractivity contribution in [2.75, 3.05) is 19.8 Å². The number of alkyl halides is 2. The van der Waals surface area contributed by atoms with E-state index in [1.165, 1.54) is 24.4 Å². The quantitative estimate of drug-likeness (QED) is 0.688. The van der Waals surface area contributed by atoms with Crippen LogP contribution in [0.1, 0.15) is 46.6 Å². The zero-order valence-electron chi connectivity index (χ0n) is 16.4. The van der Waals surface area contributed by atoms with Crippen LogP contribution in [0.5, 0.6) is 0 Å². The molecule has 0 atom stereocenters. The fourth-order valence-corrected chi connectivity index (χ4v) is 3.92. The Kier molecular flexibility index (Phi) is 5.46. The van der Waals surface area contributed by atoms with Crippen LogP contribution in [0, 0.1) is 12.7 Å². The molecule has 1 amide bonds. The van der Waals surface area contributed by atoms with Crippen molar-refractivity contribution in [1.82, 2.24) is 19.9 Å². The van der Waals surface area contributed by atoms with E-state index in [1.807, 2.05) is 6.07 Å². The number of aromatic nitrogens is 3. The van der Waals surface area contributed by atoms with Crippen molar-refractivity contribution < 1.29 is 22.7 Å². The molecule has 0 saturated carbocycles. The lowest BCUT2D eigenvalue weighted by Crippen LogP contribution is -2.44. The lowest BCUT2D eigenvalue weighted by atomic mass is 9.74. The monoisotopic (exact) mass is 418 g/mol. The van der Waals surface area contributed by atoms with Crippen LogP contribution in [-0.2, 0) is 10.2 Å². The summed E-state index contributed by atoms with van der Waals surface area (Å²) in [5, 5.41) is 6.80. The van der Waals surface area contributed by atoms with E-state index < -0.39 is 17.7 Å². The van der Waals surface area contributed by atoms with Crippen molar-refractivity contribution in [2.45, 2.75) is 31.6 Å². The minimum Gasteiger partial charge on any atom is -0.381 e. The van der Waals surface area contributed by atoms with Crippen molar-refractivity contribution in [3.05, 3.63) is 64.9 Å². The van der Waals surface area contributed by atoms with E-state index in [0.29, 0.717) is 31.7 Å². The highest BCUT2D eigenvalue weighted by Crippen LogP contribution is 2.34. The number of nitrogens with zero attached hydrogens (tertiary/aromatic N) is 3. The van der Waals surface area contributed by atoms with Crippen LogP contribution in [0.25, 0.3) is 5.65 Å². The molecule has 3 heterocycles. The van der Waals surface area contributed by atoms with E-state index in [4.69, 9.17) is 4.74 Å². The van der Waals surface area contributed by atoms with E-state index >= 15 is 0 Å². The van der Waals surface area contributed by atoms with Gasteiger partial charge in [-0.1, -0.05) is 12.1 Å². The number of benzene rings is 1. The predicted octanol–water partition coefficient (Wildman–Crippen LogP) is 3.59. The lowest BCUT2D eigenvalue weighted by Gasteiger charge is -2.38. The third-order valence-electron chi connectivity index (χ3n) is 5.57. The lowest BCUT2D eigenvalue weighted by molar-refractivity contribution is 0.0486. The second kappa shape index (κ2) is 8.06. The highest BCUT2D eigenvalue weighted by molar-refractivity contribution is 5.99. The van der Waals surface area contributed by atoms with Gasteiger partial charge in [-0.25, -0.2) is 22.7 Å². The zero-order valence-corrected chi connectivity index (χ0v) is 16.4. The largest absolute Gasteiger partial charge is 0.381 e. The minimum atomic E-state index is -2.75. The highest BCUT2D eigenvalue weighted by atomic mass is 19.3. The summed E-state index contributed by atoms with van der Waals surface area (Å²) in [5.41, 5.74) is 0.554. The van der Waals surface area contributed by atoms with Gasteiger partial charge in [-0.2, -0.15) is 5.10 Å². The van der Waals surface area contributed by atoms with Crippen LogP contribution in [0.15, 0.2) is 36.5 Å². The number of nitrogens with one attached hydrogen (secondary N) is 1. The summed E-state index contributed by atoms with van der Waals surface area (Å²) in [6.07, 6.45) is -0.262. The number of aryl methyl sites for hydroxylation is 1. The van der Waals surface area contributed by atoms with E-state index in [2.05, 4.69) is 15.4 Å². The fourth-order valence-electron chi connectivity index (χ4n) is 3.92. The van der Waals surface area contributed by atoms with Crippen LogP contribution in [0.4, 0.5) is 13.2 Å². The van der Waals surface area contributed by atoms with Crippen LogP contribution < -0.4 is 5.32 Å². The van der Waals surface area contributed by atoms with Crippen LogP contribution >= 0.6 is 0 Å². The standard InChI is InChI=1S/C21H21F3N4O2/c1-13-9-17(18(23)24)28-19(27-13)16(11-26-28)20(29)25-12-21(5-7-30-8-6-21)14-3-2-4-15(22)10-14/h2-4,9-11,18H,5-8,12H2,1H3,(H,25,29). The first kappa shape index (κ1) is 20.3. The SMILES string of the molecule is Cc1cc(C(F)F)n2ncc(C(=O)NCC3(c4cccc(F)c4)CCOCC3)c2n1. The summed E-state index contributed by atoms with van der Waals surface area (Å²) in [5.74, 6) is -0.808. The zero-order chi connectivity index (χ0) is 21.3. The van der Waals surface area contributed by atoms with E-state index in [9.17, 15) is 18.0 Å². The third-order valence-corrected chi connectivity index (χ3v) is 5.57. The molecule has 1 saturated heterocycles. The number of hydrogen-bond acceptors (Lipinski definition) is 4. The molecule has 1 fully saturated rings. The number of carbonyl (C=O) groups excluding carboxylic acids is 1. The maximum atomic E-state index is 13.8. The van der Waals surface area contributed by atoms with Crippen molar-refractivity contribution in [1.29, 1.82) is 0 Å². The summed E-state index contributed by atoms with van der Waals surface area (Å²) >= 11 is 0. The smallest absolute Gasteiger partial charge is 0.280 e. The number of carbonyl (C=O) groups is 1. The molecule has 1 aromatic carbocycles. The second-order valence-electron chi connectivity index (χ2n) is 7.50. The van der Waals surface area contributed by atoms with Crippen LogP contribution in [-0.4, -0.2) is 40.3 Å². The normalized spacial score (nSPS) is 16.2. The Hall–Kier alpha value is -2.94. The topological polar surface area (TPSA) is 68.5 Å². The minimum absolute atomic E-state index is 0.0783. The summed E-state index contributed by atoms with van der Waals surface area (Å²) in [6.45, 7) is 2.84. The second-order valence-corrected chi connectivity index (χ2v) is 7.50. The third kappa shape index (κ3) is 3.77. The molecule has 1 aliphatic rings. The number of halogens is 3. The molecular weight excluding hydrogens is 397 g/mol. The summed E-state index contributed by atoms with van der Waals surface area (Å²) in [6, 6.07) is 7.59. The van der Waals surface area contributed by atoms with Gasteiger partial charge in [0.2, 0.25) is 0 Å². The molecule has 0 spiro atoms. The average molecular weight is 418 g/mol. The molecule has 3 aromatic rings. The molecule has 9 heteroatoms. The van der Waals surface area contributed by atoms with Gasteiger partial charge in [0.15, 0.2) is 5.65 Å². The Morgan fingerprint density at radius 3 is 2.77 bits per heavy atom. The van der Waals surface area contributed by atoms with Crippen LogP contribution in [0.2, 0.25) is 0 Å². The molecule has 2 aromatic heterocycles. The van der Waals surface area contributed by atoms with Gasteiger partial charge in [0, 0.05) is 30.9 Å². The van der Waals surface area contributed by atoms with Crippen molar-refractivity contribution in [3.63, 3.8) is 0 Å². The molecule has 0 bridgehead atoms. The maximum Gasteiger partial charge on any atom is 0.280 e. The summed E-state index contributed by atoms with van der Waals surface area (Å²) in [7, 11) is 0. The highest BCUT2D eigenvalue weighted by Gasteiger charge is 2.35. The van der Waals surface area contributed by atoms with Gasteiger partial charge in [0.05, 0.1) is 6.20 Å².